The molecule has 0 rings (SSSR count). The molecule has 0 atom stereocenters. The van der Waals surface area contributed by atoms with Gasteiger partial charge in [-0.05, 0) is 41.3 Å². The number of nitrogens with zero attached hydrogens (tertiary/aromatic N) is 6. The zero-order chi connectivity index (χ0) is 27.0. The smallest absolute Gasteiger partial charge is 0.0787 e. The van der Waals surface area contributed by atoms with E-state index in [0.29, 0.717) is 65.9 Å². The van der Waals surface area contributed by atoms with Gasteiger partial charge in [0.2, 0.25) is 0 Å². The van der Waals surface area contributed by atoms with E-state index in [2.05, 4.69) is 36.7 Å². The Morgan fingerprint density at radius 2 is 1.08 bits per heavy atom. The molecule has 0 aromatic heterocycles. The summed E-state index contributed by atoms with van der Waals surface area (Å²) in [7, 11) is 4.08. The van der Waals surface area contributed by atoms with E-state index >= 15 is 0 Å². The van der Waals surface area contributed by atoms with Crippen LogP contribution in [0.25, 0.3) is 0 Å². The fourth-order valence-electron chi connectivity index (χ4n) is 2.90. The van der Waals surface area contributed by atoms with Crippen molar-refractivity contribution < 1.29 is 18.9 Å². The fraction of sp³-hybridized carbons (Fsp3) is 0.769. The van der Waals surface area contributed by atoms with E-state index < -0.39 is 0 Å². The lowest BCUT2D eigenvalue weighted by molar-refractivity contribution is -0.0320. The van der Waals surface area contributed by atoms with Crippen LogP contribution < -0.4 is 0 Å². The van der Waals surface area contributed by atoms with Gasteiger partial charge in [0.25, 0.3) is 0 Å². The van der Waals surface area contributed by atoms with Crippen molar-refractivity contribution in [3.05, 3.63) is 11.8 Å². The SMILES string of the molecule is C=N/C(=C\C)C(C)=NCCOCCOCCN(C)N(C)CCOCCOCCN=C(C)C(C)=NCC. The molecule has 0 saturated heterocycles. The van der Waals surface area contributed by atoms with Gasteiger partial charge in [0.15, 0.2) is 0 Å². The van der Waals surface area contributed by atoms with E-state index in [-0.39, 0.29) is 0 Å². The normalized spacial score (nSPS) is 13.8. The van der Waals surface area contributed by atoms with Crippen LogP contribution in [0, 0.1) is 0 Å². The lowest BCUT2D eigenvalue weighted by atomic mass is 10.3. The summed E-state index contributed by atoms with van der Waals surface area (Å²) in [6.07, 6.45) is 1.89. The van der Waals surface area contributed by atoms with Gasteiger partial charge in [0, 0.05) is 33.7 Å². The Kier molecular flexibility index (Phi) is 22.4. The van der Waals surface area contributed by atoms with Crippen molar-refractivity contribution >= 4 is 23.9 Å². The molecule has 0 aromatic rings. The highest BCUT2D eigenvalue weighted by Crippen LogP contribution is 1.99. The van der Waals surface area contributed by atoms with E-state index in [1.54, 1.807) is 0 Å². The minimum atomic E-state index is 0.554. The van der Waals surface area contributed by atoms with Crippen molar-refractivity contribution in [2.45, 2.75) is 34.6 Å². The summed E-state index contributed by atoms with van der Waals surface area (Å²) in [5.74, 6) is 0. The number of hydrogen-bond donors (Lipinski definition) is 0. The quantitative estimate of drug-likeness (QED) is 0.119. The van der Waals surface area contributed by atoms with Crippen LogP contribution in [-0.2, 0) is 18.9 Å². The largest absolute Gasteiger partial charge is 0.378 e. The van der Waals surface area contributed by atoms with E-state index in [1.165, 1.54) is 0 Å². The third-order valence-electron chi connectivity index (χ3n) is 5.35. The molecule has 0 aromatic carbocycles. The molecule has 10 heteroatoms. The van der Waals surface area contributed by atoms with Crippen molar-refractivity contribution in [3.63, 3.8) is 0 Å². The molecule has 0 aliphatic carbocycles. The molecule has 0 spiro atoms. The summed E-state index contributed by atoms with van der Waals surface area (Å²) < 4.78 is 22.5. The maximum atomic E-state index is 5.67. The fourth-order valence-corrected chi connectivity index (χ4v) is 2.90. The molecule has 208 valence electrons. The van der Waals surface area contributed by atoms with Crippen LogP contribution in [0.3, 0.4) is 0 Å². The Morgan fingerprint density at radius 1 is 0.667 bits per heavy atom. The van der Waals surface area contributed by atoms with Crippen LogP contribution in [0.2, 0.25) is 0 Å². The van der Waals surface area contributed by atoms with Gasteiger partial charge in [0.1, 0.15) is 0 Å². The first-order valence-corrected chi connectivity index (χ1v) is 12.8. The lowest BCUT2D eigenvalue weighted by Gasteiger charge is -2.28. The molecule has 0 fully saturated rings. The first-order valence-electron chi connectivity index (χ1n) is 12.8. The van der Waals surface area contributed by atoms with Crippen LogP contribution in [0.1, 0.15) is 34.6 Å². The number of ether oxygens (including phenoxy) is 4. The van der Waals surface area contributed by atoms with Gasteiger partial charge in [0.05, 0.1) is 88.8 Å². The zero-order valence-corrected chi connectivity index (χ0v) is 23.8. The van der Waals surface area contributed by atoms with Gasteiger partial charge in [-0.2, -0.15) is 0 Å². The second kappa shape index (κ2) is 23.6. The Hall–Kier alpha value is -1.82. The van der Waals surface area contributed by atoms with E-state index in [1.807, 2.05) is 54.8 Å². The van der Waals surface area contributed by atoms with Gasteiger partial charge in [-0.25, -0.2) is 10.0 Å². The van der Waals surface area contributed by atoms with Crippen molar-refractivity contribution in [1.29, 1.82) is 0 Å². The van der Waals surface area contributed by atoms with Crippen molar-refractivity contribution in [2.75, 3.05) is 99.7 Å². The van der Waals surface area contributed by atoms with Crippen LogP contribution in [-0.4, -0.2) is 134 Å². The topological polar surface area (TPSA) is 92.8 Å². The molecule has 0 amide bonds. The predicted octanol–water partition coefficient (Wildman–Crippen LogP) is 2.84. The van der Waals surface area contributed by atoms with Crippen molar-refractivity contribution in [1.82, 2.24) is 10.0 Å². The second-order valence-corrected chi connectivity index (χ2v) is 8.04. The van der Waals surface area contributed by atoms with Gasteiger partial charge in [-0.15, -0.1) is 0 Å². The maximum Gasteiger partial charge on any atom is 0.0787 e. The molecule has 0 aliphatic heterocycles. The number of rotatable bonds is 23. The molecular formula is C26H50N6O4. The van der Waals surface area contributed by atoms with Crippen molar-refractivity contribution in [2.24, 2.45) is 20.0 Å². The predicted molar refractivity (Wildman–Crippen MR) is 151 cm³/mol. The van der Waals surface area contributed by atoms with Crippen LogP contribution in [0.15, 0.2) is 31.7 Å². The Bertz CT molecular complexity index is 694. The van der Waals surface area contributed by atoms with Crippen LogP contribution >= 0.6 is 0 Å². The first-order chi connectivity index (χ1) is 17.4. The summed E-state index contributed by atoms with van der Waals surface area (Å²) in [5.41, 5.74) is 3.64. The van der Waals surface area contributed by atoms with Gasteiger partial charge >= 0.3 is 0 Å². The highest BCUT2D eigenvalue weighted by atomic mass is 16.5. The average molecular weight is 511 g/mol. The molecule has 0 heterocycles. The third kappa shape index (κ3) is 18.4. The molecular weight excluding hydrogens is 460 g/mol. The summed E-state index contributed by atoms with van der Waals surface area (Å²) in [6, 6.07) is 0. The number of hydrogen-bond acceptors (Lipinski definition) is 10. The monoisotopic (exact) mass is 510 g/mol. The zero-order valence-electron chi connectivity index (χ0n) is 23.8. The number of aliphatic imine (C=N–C) groups is 4. The lowest BCUT2D eigenvalue weighted by Crippen LogP contribution is -2.40. The number of likely N-dealkylation sites (N-methyl/N-ethyl adjacent to an activating group) is 2. The van der Waals surface area contributed by atoms with Crippen LogP contribution in [0.4, 0.5) is 0 Å². The molecule has 0 bridgehead atoms. The molecule has 36 heavy (non-hydrogen) atoms. The number of allylic oxidation sites excluding steroid dienone is 2. The van der Waals surface area contributed by atoms with E-state index in [0.717, 1.165) is 42.5 Å². The van der Waals surface area contributed by atoms with Crippen molar-refractivity contribution in [3.8, 4) is 0 Å². The molecule has 10 nitrogen and oxygen atoms in total. The molecule has 0 N–H and O–H groups in total. The average Bonchev–Trinajstić information content (AvgIpc) is 2.87. The number of hydrazine groups is 1. The summed E-state index contributed by atoms with van der Waals surface area (Å²) >= 11 is 0. The Balaban J connectivity index is 3.64. The molecule has 0 unspecified atom stereocenters. The molecule has 0 radical (unpaired) electrons. The summed E-state index contributed by atoms with van der Waals surface area (Å²) in [4.78, 5) is 17.2. The van der Waals surface area contributed by atoms with Gasteiger partial charge < -0.3 is 18.9 Å². The van der Waals surface area contributed by atoms with E-state index in [9.17, 15) is 0 Å². The molecule has 0 saturated carbocycles. The van der Waals surface area contributed by atoms with E-state index in [4.69, 9.17) is 18.9 Å². The Labute approximate surface area is 219 Å². The third-order valence-corrected chi connectivity index (χ3v) is 5.35. The minimum Gasteiger partial charge on any atom is -0.378 e. The van der Waals surface area contributed by atoms with Crippen LogP contribution in [0.5, 0.6) is 0 Å². The highest BCUT2D eigenvalue weighted by Gasteiger charge is 2.05. The maximum absolute atomic E-state index is 5.67. The van der Waals surface area contributed by atoms with Gasteiger partial charge in [-0.1, -0.05) is 6.08 Å². The highest BCUT2D eigenvalue weighted by molar-refractivity contribution is 6.40. The molecule has 0 aliphatic rings. The first kappa shape index (κ1) is 34.2. The standard InChI is InChI=1S/C26H50N6O4/c1-9-26(27-6)25(5)30-12-16-34-20-22-36-18-14-32(8)31(7)13-17-35-21-19-33-15-11-29-24(4)23(3)28-10-2/h9H,6,10-22H2,1-5,7-8H3/b26-9-,28-23?,29-24?,30-25?. The van der Waals surface area contributed by atoms with Gasteiger partial charge in [-0.3, -0.25) is 20.0 Å². The summed E-state index contributed by atoms with van der Waals surface area (Å²) in [5, 5.41) is 4.24. The minimum absolute atomic E-state index is 0.554. The Morgan fingerprint density at radius 3 is 1.50 bits per heavy atom. The second-order valence-electron chi connectivity index (χ2n) is 8.04. The summed E-state index contributed by atoms with van der Waals surface area (Å²) in [6.45, 7) is 21.7.